The molecule has 4 rings (SSSR count). The number of carbonyl (C=O) groups excluding carboxylic acids is 1. The van der Waals surface area contributed by atoms with Crippen LogP contribution in [0.25, 0.3) is 0 Å². The molecule has 184 valence electrons. The van der Waals surface area contributed by atoms with Crippen LogP contribution >= 0.6 is 0 Å². The smallest absolute Gasteiger partial charge is 0.330 e. The van der Waals surface area contributed by atoms with Crippen molar-refractivity contribution in [2.75, 3.05) is 47.9 Å². The van der Waals surface area contributed by atoms with Crippen molar-refractivity contribution in [1.29, 1.82) is 0 Å². The number of nitrogens with one attached hydrogen (secondary N) is 1. The molecular weight excluding hydrogens is 435 g/mol. The number of nitrogens with zero attached hydrogens (tertiary/aromatic N) is 5. The normalized spacial score (nSPS) is 15.6. The summed E-state index contributed by atoms with van der Waals surface area (Å²) >= 11 is 0. The Bertz CT molecular complexity index is 995. The summed E-state index contributed by atoms with van der Waals surface area (Å²) in [6, 6.07) is 4.72. The molecule has 2 heterocycles. The van der Waals surface area contributed by atoms with Gasteiger partial charge in [0.15, 0.2) is 11.6 Å². The third-order valence-electron chi connectivity index (χ3n) is 6.36. The topological polar surface area (TPSA) is 73.8 Å². The lowest BCUT2D eigenvalue weighted by molar-refractivity contribution is 0.249. The van der Waals surface area contributed by atoms with Crippen LogP contribution in [0.4, 0.5) is 26.6 Å². The van der Waals surface area contributed by atoms with Crippen LogP contribution in [-0.2, 0) is 6.54 Å². The third kappa shape index (κ3) is 5.24. The van der Waals surface area contributed by atoms with Gasteiger partial charge in [0.25, 0.3) is 0 Å². The molecule has 0 atom stereocenters. The first-order valence-electron chi connectivity index (χ1n) is 12.4. The minimum absolute atomic E-state index is 0.0870. The maximum absolute atomic E-state index is 15.1. The fraction of sp³-hybridized carbons (Fsp3) is 0.560. The SMILES string of the molecule is CCOc1cccc(N2Cc3cnc(NCCCCN(CC)CC)nc3N(C3CC3)C2=O)c1F. The van der Waals surface area contributed by atoms with Gasteiger partial charge in [0.1, 0.15) is 5.82 Å². The van der Waals surface area contributed by atoms with Crippen molar-refractivity contribution >= 4 is 23.5 Å². The highest BCUT2D eigenvalue weighted by Crippen LogP contribution is 2.40. The molecule has 1 aliphatic heterocycles. The zero-order chi connectivity index (χ0) is 24.1. The Morgan fingerprint density at radius 1 is 1.21 bits per heavy atom. The number of rotatable bonds is 12. The maximum Gasteiger partial charge on any atom is 0.330 e. The first-order valence-corrected chi connectivity index (χ1v) is 12.4. The van der Waals surface area contributed by atoms with Crippen molar-refractivity contribution in [3.8, 4) is 5.75 Å². The average Bonchev–Trinajstić information content (AvgIpc) is 3.68. The van der Waals surface area contributed by atoms with Crippen molar-refractivity contribution < 1.29 is 13.9 Å². The van der Waals surface area contributed by atoms with Crippen LogP contribution in [0.5, 0.6) is 5.75 Å². The summed E-state index contributed by atoms with van der Waals surface area (Å²) in [5, 5.41) is 3.30. The number of amides is 2. The first kappa shape index (κ1) is 24.2. The quantitative estimate of drug-likeness (QED) is 0.455. The van der Waals surface area contributed by atoms with Gasteiger partial charge in [-0.15, -0.1) is 0 Å². The van der Waals surface area contributed by atoms with Crippen LogP contribution in [0.2, 0.25) is 0 Å². The van der Waals surface area contributed by atoms with E-state index < -0.39 is 5.82 Å². The van der Waals surface area contributed by atoms with Crippen molar-refractivity contribution in [3.05, 3.63) is 35.8 Å². The zero-order valence-corrected chi connectivity index (χ0v) is 20.4. The number of carbonyl (C=O) groups is 1. The van der Waals surface area contributed by atoms with E-state index in [0.717, 1.165) is 57.4 Å². The summed E-state index contributed by atoms with van der Waals surface area (Å²) in [6.45, 7) is 10.7. The number of fused-ring (bicyclic) bond motifs is 1. The van der Waals surface area contributed by atoms with Gasteiger partial charge in [-0.25, -0.2) is 14.2 Å². The summed E-state index contributed by atoms with van der Waals surface area (Å²) in [5.41, 5.74) is 1.02. The van der Waals surface area contributed by atoms with Crippen LogP contribution in [0.3, 0.4) is 0 Å². The lowest BCUT2D eigenvalue weighted by atomic mass is 10.1. The Morgan fingerprint density at radius 3 is 2.71 bits per heavy atom. The van der Waals surface area contributed by atoms with Crippen LogP contribution in [0.1, 0.15) is 52.0 Å². The number of hydrogen-bond acceptors (Lipinski definition) is 6. The van der Waals surface area contributed by atoms with E-state index in [-0.39, 0.29) is 30.1 Å². The third-order valence-corrected chi connectivity index (χ3v) is 6.36. The fourth-order valence-corrected chi connectivity index (χ4v) is 4.29. The van der Waals surface area contributed by atoms with Gasteiger partial charge in [0.2, 0.25) is 5.95 Å². The molecule has 2 aromatic rings. The molecule has 1 aromatic heterocycles. The largest absolute Gasteiger partial charge is 0.491 e. The van der Waals surface area contributed by atoms with E-state index in [9.17, 15) is 4.79 Å². The molecule has 1 saturated carbocycles. The van der Waals surface area contributed by atoms with Gasteiger partial charge in [-0.1, -0.05) is 19.9 Å². The second-order valence-electron chi connectivity index (χ2n) is 8.70. The first-order chi connectivity index (χ1) is 16.6. The highest BCUT2D eigenvalue weighted by atomic mass is 19.1. The Morgan fingerprint density at radius 2 is 2.00 bits per heavy atom. The molecule has 0 radical (unpaired) electrons. The molecule has 1 fully saturated rings. The minimum atomic E-state index is -0.527. The molecule has 0 saturated heterocycles. The Balaban J connectivity index is 1.49. The number of hydrogen-bond donors (Lipinski definition) is 1. The van der Waals surface area contributed by atoms with E-state index in [1.807, 2.05) is 0 Å². The second-order valence-corrected chi connectivity index (χ2v) is 8.70. The van der Waals surface area contributed by atoms with Gasteiger partial charge in [-0.2, -0.15) is 4.98 Å². The molecule has 9 heteroatoms. The Hall–Kier alpha value is -2.94. The van der Waals surface area contributed by atoms with Gasteiger partial charge < -0.3 is 15.0 Å². The molecule has 1 aromatic carbocycles. The molecule has 1 N–H and O–H groups in total. The number of anilines is 3. The standard InChI is InChI=1S/C25H35FN6O2/c1-4-30(5-2)15-8-7-14-27-24-28-16-18-17-31(20-10-9-11-21(22(20)26)34-6-3)25(33)32(19-12-13-19)23(18)29-24/h9-11,16,19H,4-8,12-15,17H2,1-3H3,(H,27,28,29). The molecule has 34 heavy (non-hydrogen) atoms. The van der Waals surface area contributed by atoms with Gasteiger partial charge >= 0.3 is 6.03 Å². The fourth-order valence-electron chi connectivity index (χ4n) is 4.29. The summed E-state index contributed by atoms with van der Waals surface area (Å²) < 4.78 is 20.5. The van der Waals surface area contributed by atoms with E-state index in [1.165, 1.54) is 4.90 Å². The summed E-state index contributed by atoms with van der Waals surface area (Å²) in [4.78, 5) is 28.2. The Kier molecular flexibility index (Phi) is 7.82. The number of urea groups is 1. The number of aromatic nitrogens is 2. The lowest BCUT2D eigenvalue weighted by Gasteiger charge is -2.36. The average molecular weight is 471 g/mol. The summed E-state index contributed by atoms with van der Waals surface area (Å²) in [5.74, 6) is 0.776. The molecule has 0 spiro atoms. The highest BCUT2D eigenvalue weighted by molar-refractivity contribution is 6.06. The van der Waals surface area contributed by atoms with Crippen molar-refractivity contribution in [2.24, 2.45) is 0 Å². The molecule has 2 aliphatic rings. The van der Waals surface area contributed by atoms with Gasteiger partial charge in [0.05, 0.1) is 18.8 Å². The number of halogens is 1. The van der Waals surface area contributed by atoms with E-state index in [0.29, 0.717) is 18.4 Å². The van der Waals surface area contributed by atoms with E-state index >= 15 is 4.39 Å². The maximum atomic E-state index is 15.1. The minimum Gasteiger partial charge on any atom is -0.491 e. The van der Waals surface area contributed by atoms with Crippen LogP contribution in [-0.4, -0.2) is 59.7 Å². The molecule has 0 bridgehead atoms. The second kappa shape index (κ2) is 11.0. The van der Waals surface area contributed by atoms with E-state index in [1.54, 1.807) is 36.2 Å². The number of ether oxygens (including phenoxy) is 1. The summed E-state index contributed by atoms with van der Waals surface area (Å²) in [7, 11) is 0. The van der Waals surface area contributed by atoms with E-state index in [2.05, 4.69) is 29.0 Å². The molecule has 8 nitrogen and oxygen atoms in total. The number of unbranched alkanes of at least 4 members (excludes halogenated alkanes) is 1. The predicted molar refractivity (Wildman–Crippen MR) is 132 cm³/mol. The van der Waals surface area contributed by atoms with E-state index in [4.69, 9.17) is 9.72 Å². The molecule has 0 unspecified atom stereocenters. The summed E-state index contributed by atoms with van der Waals surface area (Å²) in [6.07, 6.45) is 5.70. The van der Waals surface area contributed by atoms with Gasteiger partial charge in [-0.3, -0.25) is 9.80 Å². The lowest BCUT2D eigenvalue weighted by Crippen LogP contribution is -2.49. The van der Waals surface area contributed by atoms with Crippen LogP contribution in [0, 0.1) is 5.82 Å². The van der Waals surface area contributed by atoms with Crippen molar-refractivity contribution in [3.63, 3.8) is 0 Å². The van der Waals surface area contributed by atoms with Crippen LogP contribution in [0.15, 0.2) is 24.4 Å². The number of benzene rings is 1. The predicted octanol–water partition coefficient (Wildman–Crippen LogP) is 4.66. The molecule has 1 aliphatic carbocycles. The van der Waals surface area contributed by atoms with Crippen LogP contribution < -0.4 is 19.9 Å². The monoisotopic (exact) mass is 470 g/mol. The van der Waals surface area contributed by atoms with Crippen molar-refractivity contribution in [1.82, 2.24) is 14.9 Å². The molecule has 2 amide bonds. The Labute approximate surface area is 201 Å². The van der Waals surface area contributed by atoms with Gasteiger partial charge in [0, 0.05) is 24.3 Å². The molecular formula is C25H35FN6O2. The highest BCUT2D eigenvalue weighted by Gasteiger charge is 2.42. The zero-order valence-electron chi connectivity index (χ0n) is 20.4. The van der Waals surface area contributed by atoms with Gasteiger partial charge in [-0.05, 0) is 64.4 Å². The van der Waals surface area contributed by atoms with Crippen molar-refractivity contribution in [2.45, 2.75) is 59.0 Å².